The Labute approximate surface area is 153 Å². The molecule has 2 aromatic carbocycles. The zero-order valence-corrected chi connectivity index (χ0v) is 15.1. The number of nitrogens with zero attached hydrogens (tertiary/aromatic N) is 1. The first kappa shape index (κ1) is 15.9. The zero-order chi connectivity index (χ0) is 17.6. The normalized spacial score (nSPS) is 20.1. The molecule has 2 fully saturated rings. The minimum atomic E-state index is 0.147. The summed E-state index contributed by atoms with van der Waals surface area (Å²) in [5.41, 5.74) is 2.23. The predicted octanol–water partition coefficient (Wildman–Crippen LogP) is 3.93. The van der Waals surface area contributed by atoms with Gasteiger partial charge < -0.3 is 15.2 Å². The second kappa shape index (κ2) is 6.13. The largest absolute Gasteiger partial charge is 0.351 e. The highest BCUT2D eigenvalue weighted by atomic mass is 16.2. The Kier molecular flexibility index (Phi) is 3.75. The van der Waals surface area contributed by atoms with E-state index in [0.29, 0.717) is 5.41 Å². The highest BCUT2D eigenvalue weighted by Gasteiger charge is 2.37. The molecule has 1 amide bonds. The Bertz CT molecular complexity index is 958. The molecule has 2 N–H and O–H groups in total. The molecule has 1 aromatic heterocycles. The minimum Gasteiger partial charge on any atom is -0.351 e. The van der Waals surface area contributed by atoms with E-state index < -0.39 is 0 Å². The van der Waals surface area contributed by atoms with Gasteiger partial charge in [0.15, 0.2) is 0 Å². The van der Waals surface area contributed by atoms with Crippen LogP contribution < -0.4 is 5.32 Å². The number of aromatic amines is 1. The fourth-order valence-electron chi connectivity index (χ4n) is 4.81. The van der Waals surface area contributed by atoms with Crippen LogP contribution in [-0.4, -0.2) is 42.0 Å². The lowest BCUT2D eigenvalue weighted by atomic mass is 9.71. The van der Waals surface area contributed by atoms with Gasteiger partial charge in [-0.3, -0.25) is 4.79 Å². The third-order valence-corrected chi connectivity index (χ3v) is 6.53. The molecule has 1 spiro atoms. The number of H-pyrrole nitrogens is 1. The molecular weight excluding hydrogens is 322 g/mol. The first-order valence-corrected chi connectivity index (χ1v) is 9.75. The van der Waals surface area contributed by atoms with Crippen molar-refractivity contribution in [2.75, 3.05) is 26.2 Å². The lowest BCUT2D eigenvalue weighted by Crippen LogP contribution is -2.47. The Morgan fingerprint density at radius 2 is 1.69 bits per heavy atom. The van der Waals surface area contributed by atoms with E-state index in [1.807, 2.05) is 11.0 Å². The molecular formula is C22H25N3O. The van der Waals surface area contributed by atoms with E-state index in [-0.39, 0.29) is 5.91 Å². The van der Waals surface area contributed by atoms with E-state index >= 15 is 0 Å². The summed E-state index contributed by atoms with van der Waals surface area (Å²) in [4.78, 5) is 18.5. The highest BCUT2D eigenvalue weighted by molar-refractivity contribution is 6.09. The van der Waals surface area contributed by atoms with Crippen molar-refractivity contribution in [2.45, 2.75) is 25.7 Å². The van der Waals surface area contributed by atoms with Crippen LogP contribution in [0.2, 0.25) is 0 Å². The molecule has 0 saturated carbocycles. The van der Waals surface area contributed by atoms with E-state index in [4.69, 9.17) is 0 Å². The lowest BCUT2D eigenvalue weighted by molar-refractivity contribution is 0.0491. The van der Waals surface area contributed by atoms with Crippen molar-refractivity contribution in [1.29, 1.82) is 0 Å². The van der Waals surface area contributed by atoms with Crippen LogP contribution in [0.4, 0.5) is 0 Å². The van der Waals surface area contributed by atoms with Gasteiger partial charge in [-0.05, 0) is 67.1 Å². The molecule has 0 radical (unpaired) electrons. The Hall–Kier alpha value is -2.33. The van der Waals surface area contributed by atoms with E-state index in [2.05, 4.69) is 46.7 Å². The third-order valence-electron chi connectivity index (χ3n) is 6.53. The summed E-state index contributed by atoms with van der Waals surface area (Å²) < 4.78 is 0. The molecule has 0 bridgehead atoms. The van der Waals surface area contributed by atoms with Crippen LogP contribution in [-0.2, 0) is 0 Å². The second-order valence-electron chi connectivity index (χ2n) is 7.97. The van der Waals surface area contributed by atoms with Gasteiger partial charge in [-0.25, -0.2) is 0 Å². The van der Waals surface area contributed by atoms with Crippen LogP contribution in [0.15, 0.2) is 42.5 Å². The predicted molar refractivity (Wildman–Crippen MR) is 105 cm³/mol. The maximum Gasteiger partial charge on any atom is 0.270 e. The van der Waals surface area contributed by atoms with Gasteiger partial charge in [-0.2, -0.15) is 0 Å². The number of aromatic nitrogens is 1. The summed E-state index contributed by atoms with van der Waals surface area (Å²) >= 11 is 0. The van der Waals surface area contributed by atoms with Crippen LogP contribution in [0.25, 0.3) is 21.7 Å². The summed E-state index contributed by atoms with van der Waals surface area (Å²) in [6.45, 7) is 4.02. The topological polar surface area (TPSA) is 48.1 Å². The number of rotatable bonds is 1. The number of carbonyl (C=O) groups excluding carboxylic acids is 1. The van der Waals surface area contributed by atoms with Gasteiger partial charge in [-0.15, -0.1) is 0 Å². The minimum absolute atomic E-state index is 0.147. The van der Waals surface area contributed by atoms with Crippen LogP contribution in [0.5, 0.6) is 0 Å². The Morgan fingerprint density at radius 1 is 0.923 bits per heavy atom. The Balaban J connectivity index is 1.40. The SMILES string of the molecule is O=C(c1cc2c(ccc3ccccc32)[nH]1)N1CCC2(CCNCC2)CC1. The molecule has 3 heterocycles. The molecule has 0 unspecified atom stereocenters. The average Bonchev–Trinajstić information content (AvgIpc) is 3.14. The van der Waals surface area contributed by atoms with Crippen molar-refractivity contribution < 1.29 is 4.79 Å². The molecule has 4 heteroatoms. The maximum atomic E-state index is 13.1. The molecule has 2 aliphatic heterocycles. The smallest absolute Gasteiger partial charge is 0.270 e. The molecule has 4 nitrogen and oxygen atoms in total. The number of likely N-dealkylation sites (tertiary alicyclic amines) is 1. The molecule has 2 saturated heterocycles. The van der Waals surface area contributed by atoms with Gasteiger partial charge in [0.05, 0.1) is 0 Å². The first-order chi connectivity index (χ1) is 12.7. The molecule has 5 rings (SSSR count). The summed E-state index contributed by atoms with van der Waals surface area (Å²) in [5, 5.41) is 7.01. The monoisotopic (exact) mass is 347 g/mol. The first-order valence-electron chi connectivity index (χ1n) is 9.75. The number of hydrogen-bond acceptors (Lipinski definition) is 2. The third kappa shape index (κ3) is 2.60. The number of piperidine rings is 2. The standard InChI is InChI=1S/C22H25N3O/c26-21(25-13-9-22(10-14-25)7-11-23-12-8-22)20-15-18-17-4-2-1-3-16(17)5-6-19(18)24-20/h1-6,15,23-24H,7-14H2. The van der Waals surface area contributed by atoms with Gasteiger partial charge in [0, 0.05) is 24.0 Å². The van der Waals surface area contributed by atoms with Crippen LogP contribution in [0.1, 0.15) is 36.2 Å². The van der Waals surface area contributed by atoms with Crippen LogP contribution >= 0.6 is 0 Å². The summed E-state index contributed by atoms with van der Waals surface area (Å²) in [5.74, 6) is 0.147. The number of nitrogens with one attached hydrogen (secondary N) is 2. The number of carbonyl (C=O) groups is 1. The van der Waals surface area contributed by atoms with Crippen molar-refractivity contribution in [1.82, 2.24) is 15.2 Å². The van der Waals surface area contributed by atoms with Gasteiger partial charge >= 0.3 is 0 Å². The quantitative estimate of drug-likeness (QED) is 0.701. The van der Waals surface area contributed by atoms with Crippen LogP contribution in [0.3, 0.4) is 0 Å². The number of fused-ring (bicyclic) bond motifs is 3. The second-order valence-corrected chi connectivity index (χ2v) is 7.97. The Morgan fingerprint density at radius 3 is 2.50 bits per heavy atom. The number of hydrogen-bond donors (Lipinski definition) is 2. The van der Waals surface area contributed by atoms with Crippen molar-refractivity contribution >= 4 is 27.6 Å². The van der Waals surface area contributed by atoms with Gasteiger partial charge in [-0.1, -0.05) is 30.3 Å². The van der Waals surface area contributed by atoms with Gasteiger partial charge in [0.2, 0.25) is 0 Å². The summed E-state index contributed by atoms with van der Waals surface area (Å²) in [6, 6.07) is 14.6. The van der Waals surface area contributed by atoms with E-state index in [1.165, 1.54) is 23.6 Å². The van der Waals surface area contributed by atoms with Crippen LogP contribution in [0, 0.1) is 5.41 Å². The van der Waals surface area contributed by atoms with Gasteiger partial charge in [0.1, 0.15) is 5.69 Å². The number of amides is 1. The summed E-state index contributed by atoms with van der Waals surface area (Å²) in [7, 11) is 0. The van der Waals surface area contributed by atoms with E-state index in [0.717, 1.165) is 55.6 Å². The lowest BCUT2D eigenvalue weighted by Gasteiger charge is -2.44. The average molecular weight is 347 g/mol. The molecule has 134 valence electrons. The van der Waals surface area contributed by atoms with E-state index in [9.17, 15) is 4.79 Å². The van der Waals surface area contributed by atoms with Crippen molar-refractivity contribution in [3.8, 4) is 0 Å². The fourth-order valence-corrected chi connectivity index (χ4v) is 4.81. The summed E-state index contributed by atoms with van der Waals surface area (Å²) in [6.07, 6.45) is 4.80. The van der Waals surface area contributed by atoms with E-state index in [1.54, 1.807) is 0 Å². The van der Waals surface area contributed by atoms with Crippen molar-refractivity contribution in [3.05, 3.63) is 48.2 Å². The molecule has 0 atom stereocenters. The molecule has 26 heavy (non-hydrogen) atoms. The van der Waals surface area contributed by atoms with Gasteiger partial charge in [0.25, 0.3) is 5.91 Å². The number of benzene rings is 2. The van der Waals surface area contributed by atoms with Crippen molar-refractivity contribution in [2.24, 2.45) is 5.41 Å². The zero-order valence-electron chi connectivity index (χ0n) is 15.1. The molecule has 0 aliphatic carbocycles. The fraction of sp³-hybridized carbons (Fsp3) is 0.409. The van der Waals surface area contributed by atoms with Crippen molar-refractivity contribution in [3.63, 3.8) is 0 Å². The maximum absolute atomic E-state index is 13.1. The molecule has 2 aliphatic rings. The molecule has 3 aromatic rings. The highest BCUT2D eigenvalue weighted by Crippen LogP contribution is 2.39.